The number of halogens is 1. The van der Waals surface area contributed by atoms with Crippen LogP contribution in [-0.2, 0) is 34.0 Å². The number of carboxylic acids is 3. The Hall–Kier alpha value is -4.11. The van der Waals surface area contributed by atoms with Crippen LogP contribution in [0.3, 0.4) is 0 Å². The van der Waals surface area contributed by atoms with Gasteiger partial charge in [-0.1, -0.05) is 11.6 Å². The van der Waals surface area contributed by atoms with Gasteiger partial charge in [0.1, 0.15) is 5.76 Å². The molecule has 2 aromatic heterocycles. The van der Waals surface area contributed by atoms with Crippen LogP contribution in [0.1, 0.15) is 35.6 Å². The van der Waals surface area contributed by atoms with E-state index in [1.807, 2.05) is 42.8 Å². The van der Waals surface area contributed by atoms with Gasteiger partial charge in [-0.2, -0.15) is 5.10 Å². The van der Waals surface area contributed by atoms with Gasteiger partial charge >= 0.3 is 17.9 Å². The van der Waals surface area contributed by atoms with Gasteiger partial charge in [0, 0.05) is 29.9 Å². The molecular weight excluding hydrogens is 578 g/mol. The van der Waals surface area contributed by atoms with Crippen molar-refractivity contribution in [3.05, 3.63) is 64.3 Å². The molecule has 0 fully saturated rings. The SMILES string of the molecule is Cc1cc(C)n(CC(O)CN(Cc2ccco2)Cc2cc3c(cc2Cl)OCO3)n1.O=C(O)CC(O)(CC(=O)O)C(=O)O. The van der Waals surface area contributed by atoms with Crippen LogP contribution in [0.5, 0.6) is 11.5 Å². The number of aryl methyl sites for hydroxylation is 2. The Bertz CT molecular complexity index is 1370. The van der Waals surface area contributed by atoms with E-state index in [-0.39, 0.29) is 6.79 Å². The smallest absolute Gasteiger partial charge is 0.336 e. The van der Waals surface area contributed by atoms with E-state index in [0.717, 1.165) is 22.7 Å². The summed E-state index contributed by atoms with van der Waals surface area (Å²) in [5.41, 5.74) is 0.130. The Balaban J connectivity index is 0.000000316. The van der Waals surface area contributed by atoms with Gasteiger partial charge in [0.2, 0.25) is 6.79 Å². The van der Waals surface area contributed by atoms with Gasteiger partial charge < -0.3 is 39.4 Å². The second-order valence-electron chi connectivity index (χ2n) is 9.79. The topological polar surface area (TPSA) is 205 Å². The predicted molar refractivity (Wildman–Crippen MR) is 145 cm³/mol. The highest BCUT2D eigenvalue weighted by Gasteiger charge is 2.40. The molecule has 1 aromatic carbocycles. The molecule has 0 aliphatic carbocycles. The maximum Gasteiger partial charge on any atom is 0.336 e. The van der Waals surface area contributed by atoms with Crippen LogP contribution in [0.25, 0.3) is 0 Å². The normalized spacial score (nSPS) is 13.0. The Morgan fingerprint density at radius 3 is 2.24 bits per heavy atom. The van der Waals surface area contributed by atoms with Crippen molar-refractivity contribution in [3.8, 4) is 11.5 Å². The molecule has 0 saturated carbocycles. The molecule has 42 heavy (non-hydrogen) atoms. The summed E-state index contributed by atoms with van der Waals surface area (Å²) < 4.78 is 18.2. The zero-order valence-electron chi connectivity index (χ0n) is 22.9. The Labute approximate surface area is 245 Å². The first kappa shape index (κ1) is 32.4. The summed E-state index contributed by atoms with van der Waals surface area (Å²) in [5, 5.41) is 49.6. The lowest BCUT2D eigenvalue weighted by molar-refractivity contribution is -0.170. The van der Waals surface area contributed by atoms with Gasteiger partial charge in [-0.25, -0.2) is 4.79 Å². The van der Waals surface area contributed by atoms with Crippen molar-refractivity contribution in [1.82, 2.24) is 14.7 Å². The third-order valence-corrected chi connectivity index (χ3v) is 6.49. The summed E-state index contributed by atoms with van der Waals surface area (Å²) in [6.45, 7) is 6.07. The zero-order valence-corrected chi connectivity index (χ0v) is 23.7. The fraction of sp³-hybridized carbons (Fsp3) is 0.407. The number of carboxylic acid groups (broad SMARTS) is 3. The molecule has 0 amide bonds. The molecule has 5 N–H and O–H groups in total. The molecule has 1 atom stereocenters. The number of ether oxygens (including phenoxy) is 2. The van der Waals surface area contributed by atoms with Crippen LogP contribution in [0, 0.1) is 13.8 Å². The number of fused-ring (bicyclic) bond motifs is 1. The molecule has 0 saturated heterocycles. The lowest BCUT2D eigenvalue weighted by Gasteiger charge is -2.25. The van der Waals surface area contributed by atoms with E-state index in [1.165, 1.54) is 0 Å². The second kappa shape index (κ2) is 14.2. The summed E-state index contributed by atoms with van der Waals surface area (Å²) in [6, 6.07) is 9.44. The zero-order chi connectivity index (χ0) is 31.0. The van der Waals surface area contributed by atoms with Crippen LogP contribution in [0.2, 0.25) is 5.02 Å². The second-order valence-corrected chi connectivity index (χ2v) is 10.2. The maximum atomic E-state index is 10.7. The minimum Gasteiger partial charge on any atom is -0.481 e. The van der Waals surface area contributed by atoms with Gasteiger partial charge in [-0.15, -0.1) is 0 Å². The predicted octanol–water partition coefficient (Wildman–Crippen LogP) is 2.29. The average Bonchev–Trinajstić information content (AvgIpc) is 3.61. The Kier molecular flexibility index (Phi) is 10.9. The first-order valence-electron chi connectivity index (χ1n) is 12.7. The summed E-state index contributed by atoms with van der Waals surface area (Å²) in [7, 11) is 0. The number of hydrogen-bond acceptors (Lipinski definition) is 10. The fourth-order valence-corrected chi connectivity index (χ4v) is 4.47. The largest absolute Gasteiger partial charge is 0.481 e. The monoisotopic (exact) mass is 609 g/mol. The van der Waals surface area contributed by atoms with Crippen LogP contribution in [0.4, 0.5) is 0 Å². The van der Waals surface area contributed by atoms with Crippen LogP contribution >= 0.6 is 11.6 Å². The Morgan fingerprint density at radius 2 is 1.71 bits per heavy atom. The number of aliphatic carboxylic acids is 3. The molecule has 14 nitrogen and oxygen atoms in total. The van der Waals surface area contributed by atoms with Crippen molar-refractivity contribution >= 4 is 29.5 Å². The molecule has 0 radical (unpaired) electrons. The number of nitrogens with zero attached hydrogens (tertiary/aromatic N) is 3. The number of aliphatic hydroxyl groups is 2. The van der Waals surface area contributed by atoms with E-state index >= 15 is 0 Å². The van der Waals surface area contributed by atoms with E-state index in [2.05, 4.69) is 10.00 Å². The van der Waals surface area contributed by atoms with Gasteiger partial charge in [0.15, 0.2) is 17.1 Å². The average molecular weight is 610 g/mol. The molecule has 1 aliphatic heterocycles. The van der Waals surface area contributed by atoms with Crippen LogP contribution < -0.4 is 9.47 Å². The van der Waals surface area contributed by atoms with Crippen molar-refractivity contribution in [3.63, 3.8) is 0 Å². The molecule has 1 aliphatic rings. The first-order valence-corrected chi connectivity index (χ1v) is 13.0. The molecule has 3 aromatic rings. The molecule has 0 spiro atoms. The molecule has 3 heterocycles. The quantitative estimate of drug-likeness (QED) is 0.189. The number of aromatic nitrogens is 2. The van der Waals surface area contributed by atoms with E-state index < -0.39 is 42.5 Å². The third kappa shape index (κ3) is 9.21. The molecule has 0 bridgehead atoms. The van der Waals surface area contributed by atoms with Crippen molar-refractivity contribution in [1.29, 1.82) is 0 Å². The fourth-order valence-electron chi connectivity index (χ4n) is 4.26. The van der Waals surface area contributed by atoms with Crippen LogP contribution in [0.15, 0.2) is 41.0 Å². The van der Waals surface area contributed by atoms with E-state index in [4.69, 9.17) is 45.9 Å². The summed E-state index contributed by atoms with van der Waals surface area (Å²) >= 11 is 6.46. The van der Waals surface area contributed by atoms with Crippen molar-refractivity contribution in [2.24, 2.45) is 0 Å². The van der Waals surface area contributed by atoms with E-state index in [9.17, 15) is 19.5 Å². The highest BCUT2D eigenvalue weighted by Crippen LogP contribution is 2.37. The standard InChI is InChI=1S/C21H24ClN3O4.C6H8O7/c1-14-6-15(2)25(23-14)11-17(26)10-24(12-18-4-3-5-27-18)9-16-7-20-21(8-19(16)22)29-13-28-20;7-3(8)1-6(13,5(11)12)2-4(9)10/h3-8,17,26H,9-13H2,1-2H3;13H,1-2H2,(H,7,8)(H,9,10)(H,11,12). The minimum atomic E-state index is -2.74. The minimum absolute atomic E-state index is 0.201. The van der Waals surface area contributed by atoms with Gasteiger partial charge in [-0.3, -0.25) is 19.2 Å². The number of aliphatic hydroxyl groups excluding tert-OH is 1. The van der Waals surface area contributed by atoms with Gasteiger partial charge in [0.25, 0.3) is 0 Å². The highest BCUT2D eigenvalue weighted by atomic mass is 35.5. The number of benzene rings is 1. The molecule has 1 unspecified atom stereocenters. The molecule has 4 rings (SSSR count). The number of rotatable bonds is 13. The highest BCUT2D eigenvalue weighted by molar-refractivity contribution is 6.31. The summed E-state index contributed by atoms with van der Waals surface area (Å²) in [5.74, 6) is -2.86. The van der Waals surface area contributed by atoms with Crippen LogP contribution in [-0.4, -0.2) is 83.2 Å². The summed E-state index contributed by atoms with van der Waals surface area (Å²) in [6.07, 6.45) is -1.24. The first-order chi connectivity index (χ1) is 19.8. The molecular formula is C27H32ClN3O11. The van der Waals surface area contributed by atoms with Crippen molar-refractivity contribution in [2.45, 2.75) is 58.0 Å². The number of furan rings is 1. The number of hydrogen-bond donors (Lipinski definition) is 5. The molecule has 15 heteroatoms. The van der Waals surface area contributed by atoms with E-state index in [1.54, 1.807) is 12.3 Å². The third-order valence-electron chi connectivity index (χ3n) is 6.14. The van der Waals surface area contributed by atoms with E-state index in [0.29, 0.717) is 42.7 Å². The summed E-state index contributed by atoms with van der Waals surface area (Å²) in [4.78, 5) is 32.6. The molecule has 228 valence electrons. The number of carbonyl (C=O) groups is 3. The van der Waals surface area contributed by atoms with Gasteiger partial charge in [-0.05, 0) is 43.7 Å². The lowest BCUT2D eigenvalue weighted by Crippen LogP contribution is -2.42. The Morgan fingerprint density at radius 1 is 1.07 bits per heavy atom. The van der Waals surface area contributed by atoms with Crippen molar-refractivity contribution < 1.29 is 53.8 Å². The maximum absolute atomic E-state index is 10.7. The van der Waals surface area contributed by atoms with Crippen molar-refractivity contribution in [2.75, 3.05) is 13.3 Å². The van der Waals surface area contributed by atoms with Gasteiger partial charge in [0.05, 0.1) is 44.0 Å². The lowest BCUT2D eigenvalue weighted by atomic mass is 9.96.